The van der Waals surface area contributed by atoms with Crippen LogP contribution in [-0.4, -0.2) is 62.1 Å². The number of amides is 1. The number of aromatic nitrogens is 4. The molecule has 0 N–H and O–H groups in total. The highest BCUT2D eigenvalue weighted by atomic mass is 16.3. The third-order valence-electron chi connectivity index (χ3n) is 4.94. The molecule has 1 amide bonds. The Morgan fingerprint density at radius 1 is 1.27 bits per heavy atom. The van der Waals surface area contributed by atoms with Gasteiger partial charge < -0.3 is 9.32 Å². The van der Waals surface area contributed by atoms with E-state index in [1.165, 1.54) is 6.26 Å². The van der Waals surface area contributed by atoms with Gasteiger partial charge in [-0.15, -0.1) is 5.10 Å². The summed E-state index contributed by atoms with van der Waals surface area (Å²) in [7, 11) is 0. The first-order valence-electron chi connectivity index (χ1n) is 9.43. The van der Waals surface area contributed by atoms with Crippen molar-refractivity contribution in [3.05, 3.63) is 30.0 Å². The van der Waals surface area contributed by atoms with E-state index in [0.29, 0.717) is 24.8 Å². The molecule has 2 aromatic rings. The molecule has 1 fully saturated rings. The van der Waals surface area contributed by atoms with E-state index < -0.39 is 0 Å². The molecule has 8 nitrogen and oxygen atoms in total. The Morgan fingerprint density at radius 2 is 2.04 bits per heavy atom. The summed E-state index contributed by atoms with van der Waals surface area (Å²) in [6.45, 7) is 10.4. The molecule has 0 unspecified atom stereocenters. The van der Waals surface area contributed by atoms with Crippen molar-refractivity contribution >= 4 is 5.91 Å². The predicted octanol–water partition coefficient (Wildman–Crippen LogP) is 2.22. The molecule has 1 aliphatic rings. The minimum Gasteiger partial charge on any atom is -0.459 e. The quantitative estimate of drug-likeness (QED) is 0.753. The van der Waals surface area contributed by atoms with Crippen molar-refractivity contribution in [2.45, 2.75) is 46.2 Å². The Hall–Kier alpha value is -2.22. The molecule has 3 heterocycles. The van der Waals surface area contributed by atoms with Gasteiger partial charge in [-0.3, -0.25) is 9.69 Å². The lowest BCUT2D eigenvalue weighted by Gasteiger charge is -2.38. The molecule has 0 saturated carbocycles. The maximum atomic E-state index is 12.4. The summed E-state index contributed by atoms with van der Waals surface area (Å²) >= 11 is 0. The van der Waals surface area contributed by atoms with Crippen LogP contribution in [0.3, 0.4) is 0 Å². The lowest BCUT2D eigenvalue weighted by atomic mass is 10.1. The van der Waals surface area contributed by atoms with E-state index in [1.807, 2.05) is 9.58 Å². The molecule has 3 rings (SSSR count). The molecule has 0 bridgehead atoms. The maximum absolute atomic E-state index is 12.4. The van der Waals surface area contributed by atoms with Crippen LogP contribution in [-0.2, 0) is 6.54 Å². The number of carbonyl (C=O) groups excluding carboxylic acids is 1. The average molecular weight is 360 g/mol. The lowest BCUT2D eigenvalue weighted by Crippen LogP contribution is -2.50. The lowest BCUT2D eigenvalue weighted by molar-refractivity contribution is 0.0520. The Kier molecular flexibility index (Phi) is 6.03. The molecule has 0 aliphatic carbocycles. The molecule has 2 aromatic heterocycles. The molecule has 1 aliphatic heterocycles. The van der Waals surface area contributed by atoms with E-state index in [9.17, 15) is 4.79 Å². The SMILES string of the molecule is CC[C@@H](c1nnnn1CCC(C)C)N1CCN(C(=O)c2ccco2)CC1. The standard InChI is InChI=1S/C18H28N6O2/c1-4-15(17-19-20-21-24(17)8-7-14(2)3)22-9-11-23(12-10-22)18(25)16-6-5-13-26-16/h5-6,13-15H,4,7-12H2,1-3H3/t15-/m0/s1. The third-order valence-corrected chi connectivity index (χ3v) is 4.94. The van der Waals surface area contributed by atoms with Gasteiger partial charge in [-0.25, -0.2) is 4.68 Å². The first-order valence-corrected chi connectivity index (χ1v) is 9.43. The van der Waals surface area contributed by atoms with Gasteiger partial charge in [0.2, 0.25) is 0 Å². The monoisotopic (exact) mass is 360 g/mol. The van der Waals surface area contributed by atoms with Crippen molar-refractivity contribution in [3.63, 3.8) is 0 Å². The number of furan rings is 1. The average Bonchev–Trinajstić information content (AvgIpc) is 3.33. The molecule has 0 aromatic carbocycles. The normalized spacial score (nSPS) is 17.0. The van der Waals surface area contributed by atoms with Crippen LogP contribution in [0.2, 0.25) is 0 Å². The largest absolute Gasteiger partial charge is 0.459 e. The number of carbonyl (C=O) groups is 1. The van der Waals surface area contributed by atoms with Crippen LogP contribution in [0.5, 0.6) is 0 Å². The number of rotatable bonds is 7. The minimum atomic E-state index is -0.0375. The Balaban J connectivity index is 1.62. The van der Waals surface area contributed by atoms with Crippen LogP contribution < -0.4 is 0 Å². The van der Waals surface area contributed by atoms with E-state index >= 15 is 0 Å². The van der Waals surface area contributed by atoms with Crippen molar-refractivity contribution in [2.24, 2.45) is 5.92 Å². The van der Waals surface area contributed by atoms with E-state index in [0.717, 1.165) is 38.3 Å². The van der Waals surface area contributed by atoms with Crippen LogP contribution in [0.25, 0.3) is 0 Å². The third kappa shape index (κ3) is 4.12. The zero-order chi connectivity index (χ0) is 18.5. The van der Waals surface area contributed by atoms with Crippen LogP contribution in [0.4, 0.5) is 0 Å². The number of tetrazole rings is 1. The molecule has 142 valence electrons. The van der Waals surface area contributed by atoms with Gasteiger partial charge in [-0.1, -0.05) is 20.8 Å². The second-order valence-electron chi connectivity index (χ2n) is 7.17. The van der Waals surface area contributed by atoms with Gasteiger partial charge in [0.1, 0.15) is 0 Å². The van der Waals surface area contributed by atoms with E-state index in [-0.39, 0.29) is 11.9 Å². The second-order valence-corrected chi connectivity index (χ2v) is 7.17. The fourth-order valence-electron chi connectivity index (χ4n) is 3.39. The Labute approximate surface area is 154 Å². The first-order chi connectivity index (χ1) is 12.6. The van der Waals surface area contributed by atoms with Gasteiger partial charge >= 0.3 is 0 Å². The van der Waals surface area contributed by atoms with Crippen LogP contribution >= 0.6 is 0 Å². The molecule has 0 spiro atoms. The molecule has 8 heteroatoms. The van der Waals surface area contributed by atoms with Gasteiger partial charge in [0.15, 0.2) is 11.6 Å². The van der Waals surface area contributed by atoms with Crippen molar-refractivity contribution < 1.29 is 9.21 Å². The van der Waals surface area contributed by atoms with Gasteiger partial charge in [0.05, 0.1) is 12.3 Å². The fraction of sp³-hybridized carbons (Fsp3) is 0.667. The summed E-state index contributed by atoms with van der Waals surface area (Å²) in [6.07, 6.45) is 3.53. The highest BCUT2D eigenvalue weighted by Gasteiger charge is 2.30. The zero-order valence-corrected chi connectivity index (χ0v) is 15.8. The topological polar surface area (TPSA) is 80.3 Å². The summed E-state index contributed by atoms with van der Waals surface area (Å²) in [4.78, 5) is 16.6. The van der Waals surface area contributed by atoms with E-state index in [4.69, 9.17) is 4.42 Å². The first kappa shape index (κ1) is 18.6. The van der Waals surface area contributed by atoms with Gasteiger partial charge in [0, 0.05) is 32.7 Å². The van der Waals surface area contributed by atoms with Gasteiger partial charge in [-0.05, 0) is 41.3 Å². The molecule has 1 saturated heterocycles. The summed E-state index contributed by atoms with van der Waals surface area (Å²) < 4.78 is 7.17. The maximum Gasteiger partial charge on any atom is 0.289 e. The van der Waals surface area contributed by atoms with Gasteiger partial charge in [-0.2, -0.15) is 0 Å². The number of hydrogen-bond acceptors (Lipinski definition) is 6. The highest BCUT2D eigenvalue weighted by molar-refractivity contribution is 5.91. The zero-order valence-electron chi connectivity index (χ0n) is 15.8. The summed E-state index contributed by atoms with van der Waals surface area (Å²) in [5.41, 5.74) is 0. The Morgan fingerprint density at radius 3 is 2.65 bits per heavy atom. The second kappa shape index (κ2) is 8.44. The predicted molar refractivity (Wildman–Crippen MR) is 96.5 cm³/mol. The Bertz CT molecular complexity index is 688. The van der Waals surface area contributed by atoms with Crippen LogP contribution in [0.1, 0.15) is 56.0 Å². The minimum absolute atomic E-state index is 0.0375. The summed E-state index contributed by atoms with van der Waals surface area (Å²) in [5, 5.41) is 12.4. The van der Waals surface area contributed by atoms with E-state index in [2.05, 4.69) is 41.2 Å². The van der Waals surface area contributed by atoms with E-state index in [1.54, 1.807) is 12.1 Å². The van der Waals surface area contributed by atoms with Crippen molar-refractivity contribution in [1.82, 2.24) is 30.0 Å². The molecule has 1 atom stereocenters. The number of hydrogen-bond donors (Lipinski definition) is 0. The van der Waals surface area contributed by atoms with Crippen LogP contribution in [0.15, 0.2) is 22.8 Å². The molecule has 0 radical (unpaired) electrons. The number of piperazine rings is 1. The summed E-state index contributed by atoms with van der Waals surface area (Å²) in [6, 6.07) is 3.64. The smallest absolute Gasteiger partial charge is 0.289 e. The number of nitrogens with zero attached hydrogens (tertiary/aromatic N) is 6. The fourth-order valence-corrected chi connectivity index (χ4v) is 3.39. The molecule has 26 heavy (non-hydrogen) atoms. The van der Waals surface area contributed by atoms with Crippen molar-refractivity contribution in [2.75, 3.05) is 26.2 Å². The highest BCUT2D eigenvalue weighted by Crippen LogP contribution is 2.24. The van der Waals surface area contributed by atoms with Gasteiger partial charge in [0.25, 0.3) is 5.91 Å². The van der Waals surface area contributed by atoms with Crippen molar-refractivity contribution in [3.8, 4) is 0 Å². The summed E-state index contributed by atoms with van der Waals surface area (Å²) in [5.74, 6) is 1.91. The number of aryl methyl sites for hydroxylation is 1. The van der Waals surface area contributed by atoms with Crippen molar-refractivity contribution in [1.29, 1.82) is 0 Å². The molecular formula is C18H28N6O2. The molecular weight excluding hydrogens is 332 g/mol. The van der Waals surface area contributed by atoms with Crippen LogP contribution in [0, 0.1) is 5.92 Å².